The molecule has 0 aromatic heterocycles. The highest BCUT2D eigenvalue weighted by Gasteiger charge is 2.20. The largest absolute Gasteiger partial charge is 0.312 e. The number of hydrogen-bond donors (Lipinski definition) is 2. The first kappa shape index (κ1) is 12.3. The van der Waals surface area contributed by atoms with Crippen LogP contribution in [0, 0.1) is 0 Å². The van der Waals surface area contributed by atoms with Crippen LogP contribution >= 0.6 is 11.8 Å². The van der Waals surface area contributed by atoms with Crippen molar-refractivity contribution < 1.29 is 0 Å². The monoisotopic (exact) mass is 269 g/mol. The summed E-state index contributed by atoms with van der Waals surface area (Å²) in [5.74, 6) is 6.41. The maximum absolute atomic E-state index is 5.58. The van der Waals surface area contributed by atoms with Gasteiger partial charge >= 0.3 is 0 Å². The van der Waals surface area contributed by atoms with E-state index in [1.54, 1.807) is 0 Å². The van der Waals surface area contributed by atoms with Crippen molar-refractivity contribution in [3.8, 4) is 0 Å². The molecule has 0 aliphatic carbocycles. The molecule has 3 N–H and O–H groups in total. The Morgan fingerprint density at radius 2 is 1.79 bits per heavy atom. The quantitative estimate of drug-likeness (QED) is 0.616. The zero-order valence-electron chi connectivity index (χ0n) is 10.4. The van der Waals surface area contributed by atoms with E-state index in [4.69, 9.17) is 5.84 Å². The van der Waals surface area contributed by atoms with Gasteiger partial charge in [0.15, 0.2) is 0 Å². The van der Waals surface area contributed by atoms with Crippen molar-refractivity contribution >= 4 is 23.3 Å². The van der Waals surface area contributed by atoms with E-state index >= 15 is 0 Å². The van der Waals surface area contributed by atoms with Gasteiger partial charge in [-0.3, -0.25) is 0 Å². The van der Waals surface area contributed by atoms with Crippen molar-refractivity contribution in [1.82, 2.24) is 5.43 Å². The highest BCUT2D eigenvalue weighted by Crippen LogP contribution is 2.44. The molecule has 3 nitrogen and oxygen atoms in total. The molecule has 0 saturated heterocycles. The van der Waals surface area contributed by atoms with Crippen LogP contribution in [0.15, 0.2) is 64.5 Å². The SMILES string of the molecule is NNC1=Nc2ccccc2SC(c2ccccc2)C1. The van der Waals surface area contributed by atoms with Gasteiger partial charge in [-0.05, 0) is 17.7 Å². The van der Waals surface area contributed by atoms with Crippen LogP contribution in [0.2, 0.25) is 0 Å². The van der Waals surface area contributed by atoms with Gasteiger partial charge in [0.25, 0.3) is 0 Å². The topological polar surface area (TPSA) is 50.4 Å². The number of thioether (sulfide) groups is 1. The Bertz CT molecular complexity index is 595. The minimum atomic E-state index is 0.333. The molecule has 19 heavy (non-hydrogen) atoms. The predicted molar refractivity (Wildman–Crippen MR) is 80.5 cm³/mol. The molecule has 0 radical (unpaired) electrons. The number of rotatable bonds is 1. The van der Waals surface area contributed by atoms with E-state index in [2.05, 4.69) is 40.8 Å². The molecule has 96 valence electrons. The average molecular weight is 269 g/mol. The summed E-state index contributed by atoms with van der Waals surface area (Å²) >= 11 is 1.84. The summed E-state index contributed by atoms with van der Waals surface area (Å²) in [4.78, 5) is 5.79. The fraction of sp³-hybridized carbons (Fsp3) is 0.133. The van der Waals surface area contributed by atoms with Crippen LogP contribution in [0.4, 0.5) is 5.69 Å². The van der Waals surface area contributed by atoms with Gasteiger partial charge in [0.2, 0.25) is 0 Å². The van der Waals surface area contributed by atoms with Crippen LogP contribution in [-0.2, 0) is 0 Å². The summed E-state index contributed by atoms with van der Waals surface area (Å²) in [6.45, 7) is 0. The summed E-state index contributed by atoms with van der Waals surface area (Å²) < 4.78 is 0. The summed E-state index contributed by atoms with van der Waals surface area (Å²) in [5.41, 5.74) is 5.00. The molecule has 0 fully saturated rings. The van der Waals surface area contributed by atoms with Gasteiger partial charge in [-0.15, -0.1) is 11.8 Å². The van der Waals surface area contributed by atoms with Crippen LogP contribution in [0.3, 0.4) is 0 Å². The molecular formula is C15H15N3S. The predicted octanol–water partition coefficient (Wildman–Crippen LogP) is 3.42. The van der Waals surface area contributed by atoms with E-state index in [1.807, 2.05) is 36.0 Å². The van der Waals surface area contributed by atoms with Crippen molar-refractivity contribution in [3.63, 3.8) is 0 Å². The molecule has 1 aliphatic rings. The lowest BCUT2D eigenvalue weighted by molar-refractivity contribution is 0.918. The molecule has 2 aromatic carbocycles. The van der Waals surface area contributed by atoms with Gasteiger partial charge in [-0.2, -0.15) is 0 Å². The summed E-state index contributed by atoms with van der Waals surface area (Å²) in [5, 5.41) is 0.333. The van der Waals surface area contributed by atoms with Crippen molar-refractivity contribution in [3.05, 3.63) is 60.2 Å². The smallest absolute Gasteiger partial charge is 0.118 e. The third-order valence-corrected chi connectivity index (χ3v) is 4.43. The van der Waals surface area contributed by atoms with Gasteiger partial charge in [0.1, 0.15) is 5.84 Å². The molecule has 0 amide bonds. The number of aliphatic imine (C=N–C) groups is 1. The minimum absolute atomic E-state index is 0.333. The van der Waals surface area contributed by atoms with Crippen LogP contribution < -0.4 is 11.3 Å². The highest BCUT2D eigenvalue weighted by molar-refractivity contribution is 7.99. The Labute approximate surface area is 116 Å². The first-order valence-electron chi connectivity index (χ1n) is 6.21. The molecule has 1 atom stereocenters. The maximum Gasteiger partial charge on any atom is 0.118 e. The van der Waals surface area contributed by atoms with E-state index in [0.29, 0.717) is 5.25 Å². The summed E-state index contributed by atoms with van der Waals surface area (Å²) in [6, 6.07) is 18.7. The second kappa shape index (κ2) is 5.47. The van der Waals surface area contributed by atoms with Crippen LogP contribution in [0.25, 0.3) is 0 Å². The molecule has 0 saturated carbocycles. The number of nitrogens with two attached hydrogens (primary N) is 1. The number of fused-ring (bicyclic) bond motifs is 1. The van der Waals surface area contributed by atoms with Crippen molar-refractivity contribution in [2.45, 2.75) is 16.6 Å². The van der Waals surface area contributed by atoms with Gasteiger partial charge in [0.05, 0.1) is 5.69 Å². The molecule has 4 heteroatoms. The molecule has 1 unspecified atom stereocenters. The molecule has 1 aliphatic heterocycles. The molecule has 1 heterocycles. The number of para-hydroxylation sites is 1. The minimum Gasteiger partial charge on any atom is -0.312 e. The normalized spacial score (nSPS) is 18.2. The van der Waals surface area contributed by atoms with Crippen molar-refractivity contribution in [2.24, 2.45) is 10.8 Å². The molecule has 0 bridgehead atoms. The fourth-order valence-corrected chi connectivity index (χ4v) is 3.39. The number of nitrogens with one attached hydrogen (secondary N) is 1. The van der Waals surface area contributed by atoms with E-state index in [1.165, 1.54) is 10.5 Å². The lowest BCUT2D eigenvalue weighted by Gasteiger charge is -2.15. The summed E-state index contributed by atoms with van der Waals surface area (Å²) in [6.07, 6.45) is 0.805. The Morgan fingerprint density at radius 3 is 2.58 bits per heavy atom. The van der Waals surface area contributed by atoms with E-state index < -0.39 is 0 Å². The highest BCUT2D eigenvalue weighted by atomic mass is 32.2. The van der Waals surface area contributed by atoms with Gasteiger partial charge in [0, 0.05) is 16.6 Å². The molecule has 0 spiro atoms. The lowest BCUT2D eigenvalue weighted by Crippen LogP contribution is -2.30. The fourth-order valence-electron chi connectivity index (χ4n) is 2.16. The Balaban J connectivity index is 2.00. The molecular weight excluding hydrogens is 254 g/mol. The number of hydrogen-bond acceptors (Lipinski definition) is 4. The average Bonchev–Trinajstić information content (AvgIpc) is 2.67. The summed E-state index contributed by atoms with van der Waals surface area (Å²) in [7, 11) is 0. The van der Waals surface area contributed by atoms with Crippen LogP contribution in [0.5, 0.6) is 0 Å². The zero-order valence-corrected chi connectivity index (χ0v) is 11.2. The van der Waals surface area contributed by atoms with Gasteiger partial charge in [-0.25, -0.2) is 10.8 Å². The van der Waals surface area contributed by atoms with Crippen molar-refractivity contribution in [2.75, 3.05) is 0 Å². The van der Waals surface area contributed by atoms with E-state index in [-0.39, 0.29) is 0 Å². The van der Waals surface area contributed by atoms with Crippen LogP contribution in [-0.4, -0.2) is 5.84 Å². The maximum atomic E-state index is 5.58. The number of amidine groups is 1. The number of hydrazine groups is 1. The lowest BCUT2D eigenvalue weighted by atomic mass is 10.1. The van der Waals surface area contributed by atoms with Crippen molar-refractivity contribution in [1.29, 1.82) is 0 Å². The third kappa shape index (κ3) is 2.64. The second-order valence-electron chi connectivity index (χ2n) is 4.39. The number of nitrogens with zero attached hydrogens (tertiary/aromatic N) is 1. The van der Waals surface area contributed by atoms with Crippen LogP contribution in [0.1, 0.15) is 17.2 Å². The third-order valence-electron chi connectivity index (χ3n) is 3.11. The zero-order chi connectivity index (χ0) is 13.1. The number of benzene rings is 2. The Morgan fingerprint density at radius 1 is 1.05 bits per heavy atom. The van der Waals surface area contributed by atoms with Gasteiger partial charge < -0.3 is 5.43 Å². The van der Waals surface area contributed by atoms with E-state index in [0.717, 1.165) is 17.9 Å². The standard InChI is InChI=1S/C15H15N3S/c16-18-15-10-14(11-6-2-1-3-7-11)19-13-9-5-4-8-12(13)17-15/h1-9,14H,10,16H2,(H,17,18). The Kier molecular flexibility index (Phi) is 3.53. The molecule has 3 rings (SSSR count). The van der Waals surface area contributed by atoms with E-state index in [9.17, 15) is 0 Å². The van der Waals surface area contributed by atoms with Gasteiger partial charge in [-0.1, -0.05) is 42.5 Å². The Hall–Kier alpha value is -1.78. The second-order valence-corrected chi connectivity index (χ2v) is 5.64. The molecule has 2 aromatic rings. The first-order valence-corrected chi connectivity index (χ1v) is 7.09. The first-order chi connectivity index (χ1) is 9.36.